The molecule has 0 saturated carbocycles. The van der Waals surface area contributed by atoms with Crippen molar-refractivity contribution < 1.29 is 9.47 Å². The highest BCUT2D eigenvalue weighted by Gasteiger charge is 2.11. The molecule has 0 radical (unpaired) electrons. The first-order valence-corrected chi connectivity index (χ1v) is 5.87. The summed E-state index contributed by atoms with van der Waals surface area (Å²) < 4.78 is 13.2. The molecule has 5 heteroatoms. The van der Waals surface area contributed by atoms with Crippen LogP contribution in [-0.2, 0) is 7.05 Å². The summed E-state index contributed by atoms with van der Waals surface area (Å²) in [4.78, 5) is 0. The van der Waals surface area contributed by atoms with Crippen LogP contribution in [0.5, 0.6) is 11.5 Å². The Bertz CT molecular complexity index is 518. The lowest BCUT2D eigenvalue weighted by Gasteiger charge is -2.08. The predicted molar refractivity (Wildman–Crippen MR) is 69.4 cm³/mol. The number of aromatic nitrogens is 2. The van der Waals surface area contributed by atoms with Crippen molar-refractivity contribution in [2.24, 2.45) is 7.05 Å². The van der Waals surface area contributed by atoms with Crippen molar-refractivity contribution in [1.82, 2.24) is 9.78 Å². The Morgan fingerprint density at radius 1 is 1.18 bits per heavy atom. The molecule has 0 spiro atoms. The third-order valence-electron chi connectivity index (χ3n) is 2.51. The molecule has 0 N–H and O–H groups in total. The Morgan fingerprint density at radius 3 is 2.47 bits per heavy atom. The molecule has 0 aliphatic rings. The first-order valence-electron chi connectivity index (χ1n) is 5.07. The highest BCUT2D eigenvalue weighted by molar-refractivity contribution is 9.10. The van der Waals surface area contributed by atoms with Crippen molar-refractivity contribution in [2.45, 2.75) is 0 Å². The summed E-state index contributed by atoms with van der Waals surface area (Å²) in [5.74, 6) is 1.55. The molecule has 0 bridgehead atoms. The number of aryl methyl sites for hydroxylation is 1. The molecule has 0 fully saturated rings. The van der Waals surface area contributed by atoms with Gasteiger partial charge in [-0.1, -0.05) is 0 Å². The van der Waals surface area contributed by atoms with Gasteiger partial charge >= 0.3 is 0 Å². The van der Waals surface area contributed by atoms with Gasteiger partial charge in [0.2, 0.25) is 0 Å². The second kappa shape index (κ2) is 4.79. The fourth-order valence-electron chi connectivity index (χ4n) is 1.59. The molecule has 0 unspecified atom stereocenters. The molecule has 0 saturated heterocycles. The first kappa shape index (κ1) is 12.0. The van der Waals surface area contributed by atoms with Crippen LogP contribution in [0.15, 0.2) is 28.9 Å². The molecule has 2 aromatic rings. The second-order valence-corrected chi connectivity index (χ2v) is 4.35. The van der Waals surface area contributed by atoms with Gasteiger partial charge in [-0.05, 0) is 40.2 Å². The molecule has 0 aliphatic heterocycles. The van der Waals surface area contributed by atoms with Gasteiger partial charge in [0.25, 0.3) is 0 Å². The highest BCUT2D eigenvalue weighted by Crippen LogP contribution is 2.33. The standard InChI is InChI=1S/C12H13BrN2O2/c1-15-12(13)7-10(14-15)9-6-8(16-2)4-5-11(9)17-3/h4-7H,1-3H3. The van der Waals surface area contributed by atoms with Crippen molar-refractivity contribution in [3.05, 3.63) is 28.9 Å². The number of hydrogen-bond acceptors (Lipinski definition) is 3. The van der Waals surface area contributed by atoms with Crippen molar-refractivity contribution in [3.8, 4) is 22.8 Å². The van der Waals surface area contributed by atoms with Crippen LogP contribution in [0.1, 0.15) is 0 Å². The minimum Gasteiger partial charge on any atom is -0.497 e. The Labute approximate surface area is 108 Å². The summed E-state index contributed by atoms with van der Waals surface area (Å²) in [6, 6.07) is 7.59. The van der Waals surface area contributed by atoms with Crippen molar-refractivity contribution in [3.63, 3.8) is 0 Å². The zero-order valence-electron chi connectivity index (χ0n) is 9.90. The largest absolute Gasteiger partial charge is 0.497 e. The zero-order valence-corrected chi connectivity index (χ0v) is 11.5. The van der Waals surface area contributed by atoms with Crippen molar-refractivity contribution in [1.29, 1.82) is 0 Å². The van der Waals surface area contributed by atoms with E-state index in [2.05, 4.69) is 21.0 Å². The average molecular weight is 297 g/mol. The molecular weight excluding hydrogens is 284 g/mol. The van der Waals surface area contributed by atoms with E-state index in [4.69, 9.17) is 9.47 Å². The fourth-order valence-corrected chi connectivity index (χ4v) is 1.89. The lowest BCUT2D eigenvalue weighted by atomic mass is 10.1. The summed E-state index contributed by atoms with van der Waals surface area (Å²) in [7, 11) is 5.16. The predicted octanol–water partition coefficient (Wildman–Crippen LogP) is 2.87. The number of ether oxygens (including phenoxy) is 2. The van der Waals surface area contributed by atoms with Crippen LogP contribution in [0.2, 0.25) is 0 Å². The third kappa shape index (κ3) is 2.29. The summed E-state index contributed by atoms with van der Waals surface area (Å²) in [6.07, 6.45) is 0. The Balaban J connectivity index is 2.55. The van der Waals surface area contributed by atoms with E-state index in [1.54, 1.807) is 18.9 Å². The Hall–Kier alpha value is -1.49. The molecule has 2 rings (SSSR count). The SMILES string of the molecule is COc1ccc(OC)c(-c2cc(Br)n(C)n2)c1. The van der Waals surface area contributed by atoms with Crippen LogP contribution in [0.25, 0.3) is 11.3 Å². The van der Waals surface area contributed by atoms with E-state index in [0.29, 0.717) is 0 Å². The maximum Gasteiger partial charge on any atom is 0.128 e. The van der Waals surface area contributed by atoms with E-state index < -0.39 is 0 Å². The van der Waals surface area contributed by atoms with Crippen molar-refractivity contribution >= 4 is 15.9 Å². The zero-order chi connectivity index (χ0) is 12.4. The van der Waals surface area contributed by atoms with E-state index in [-0.39, 0.29) is 0 Å². The van der Waals surface area contributed by atoms with Gasteiger partial charge < -0.3 is 9.47 Å². The van der Waals surface area contributed by atoms with Crippen LogP contribution < -0.4 is 9.47 Å². The number of rotatable bonds is 3. The van der Waals surface area contributed by atoms with E-state index in [9.17, 15) is 0 Å². The topological polar surface area (TPSA) is 36.3 Å². The van der Waals surface area contributed by atoms with Gasteiger partial charge in [0.05, 0.1) is 19.9 Å². The first-order chi connectivity index (χ1) is 8.15. The number of methoxy groups -OCH3 is 2. The molecule has 90 valence electrons. The minimum absolute atomic E-state index is 0.774. The Kier molecular flexibility index (Phi) is 3.38. The maximum atomic E-state index is 5.33. The van der Waals surface area contributed by atoms with E-state index in [0.717, 1.165) is 27.4 Å². The van der Waals surface area contributed by atoms with Gasteiger partial charge in [0.15, 0.2) is 0 Å². The summed E-state index contributed by atoms with van der Waals surface area (Å²) in [5.41, 5.74) is 1.75. The molecular formula is C12H13BrN2O2. The summed E-state index contributed by atoms with van der Waals surface area (Å²) in [6.45, 7) is 0. The normalized spacial score (nSPS) is 10.4. The fraction of sp³-hybridized carbons (Fsp3) is 0.250. The quantitative estimate of drug-likeness (QED) is 0.874. The highest BCUT2D eigenvalue weighted by atomic mass is 79.9. The maximum absolute atomic E-state index is 5.33. The van der Waals surface area contributed by atoms with Gasteiger partial charge in [-0.2, -0.15) is 5.10 Å². The second-order valence-electron chi connectivity index (χ2n) is 3.54. The van der Waals surface area contributed by atoms with Gasteiger partial charge in [-0.25, -0.2) is 0 Å². The summed E-state index contributed by atoms with van der Waals surface area (Å²) >= 11 is 3.42. The number of nitrogens with zero attached hydrogens (tertiary/aromatic N) is 2. The smallest absolute Gasteiger partial charge is 0.128 e. The molecule has 17 heavy (non-hydrogen) atoms. The number of hydrogen-bond donors (Lipinski definition) is 0. The van der Waals surface area contributed by atoms with Gasteiger partial charge in [-0.3, -0.25) is 4.68 Å². The molecule has 0 amide bonds. The van der Waals surface area contributed by atoms with Crippen LogP contribution in [-0.4, -0.2) is 24.0 Å². The van der Waals surface area contributed by atoms with Crippen LogP contribution >= 0.6 is 15.9 Å². The van der Waals surface area contributed by atoms with Gasteiger partial charge in [-0.15, -0.1) is 0 Å². The van der Waals surface area contributed by atoms with Crippen LogP contribution in [0, 0.1) is 0 Å². The van der Waals surface area contributed by atoms with Gasteiger partial charge in [0.1, 0.15) is 16.1 Å². The van der Waals surface area contributed by atoms with Crippen LogP contribution in [0.4, 0.5) is 0 Å². The third-order valence-corrected chi connectivity index (χ3v) is 3.25. The molecule has 1 aromatic carbocycles. The summed E-state index contributed by atoms with van der Waals surface area (Å²) in [5, 5.41) is 4.40. The number of benzene rings is 1. The van der Waals surface area contributed by atoms with Gasteiger partial charge in [0, 0.05) is 12.6 Å². The van der Waals surface area contributed by atoms with E-state index in [1.165, 1.54) is 0 Å². The molecule has 4 nitrogen and oxygen atoms in total. The minimum atomic E-state index is 0.774. The molecule has 1 aromatic heterocycles. The van der Waals surface area contributed by atoms with Crippen molar-refractivity contribution in [2.75, 3.05) is 14.2 Å². The molecule has 0 aliphatic carbocycles. The lowest BCUT2D eigenvalue weighted by Crippen LogP contribution is -1.93. The molecule has 1 heterocycles. The average Bonchev–Trinajstić information content (AvgIpc) is 2.68. The number of halogens is 1. The molecule has 0 atom stereocenters. The Morgan fingerprint density at radius 2 is 1.94 bits per heavy atom. The van der Waals surface area contributed by atoms with E-state index in [1.807, 2.05) is 31.3 Å². The lowest BCUT2D eigenvalue weighted by molar-refractivity contribution is 0.404. The van der Waals surface area contributed by atoms with Crippen LogP contribution in [0.3, 0.4) is 0 Å². The monoisotopic (exact) mass is 296 g/mol. The van der Waals surface area contributed by atoms with E-state index >= 15 is 0 Å².